The number of hydrogen-bond donors (Lipinski definition) is 3. The van der Waals surface area contributed by atoms with Crippen LogP contribution in [0, 0.1) is 5.82 Å². The van der Waals surface area contributed by atoms with Gasteiger partial charge in [-0.3, -0.25) is 4.68 Å². The molecule has 150 valence electrons. The van der Waals surface area contributed by atoms with Crippen molar-refractivity contribution in [2.45, 2.75) is 31.7 Å². The van der Waals surface area contributed by atoms with Crippen molar-refractivity contribution in [1.29, 1.82) is 0 Å². The molecule has 1 aromatic carbocycles. The molecule has 1 atom stereocenters. The zero-order valence-corrected chi connectivity index (χ0v) is 15.8. The third kappa shape index (κ3) is 4.15. The topological polar surface area (TPSA) is 118 Å². The van der Waals surface area contributed by atoms with Crippen molar-refractivity contribution in [3.63, 3.8) is 0 Å². The maximum atomic E-state index is 15.0. The molecule has 1 aliphatic rings. The van der Waals surface area contributed by atoms with Crippen LogP contribution in [0.3, 0.4) is 0 Å². The molecule has 4 rings (SSSR count). The monoisotopic (exact) mass is 397 g/mol. The highest BCUT2D eigenvalue weighted by molar-refractivity contribution is 5.66. The molecule has 0 saturated carbocycles. The molecule has 0 aliphatic heterocycles. The number of carboxylic acid groups (broad SMARTS) is 1. The van der Waals surface area contributed by atoms with E-state index in [1.54, 1.807) is 30.2 Å². The van der Waals surface area contributed by atoms with Crippen LogP contribution < -0.4 is 10.6 Å². The molecule has 0 unspecified atom stereocenters. The van der Waals surface area contributed by atoms with Gasteiger partial charge >= 0.3 is 6.09 Å². The Balaban J connectivity index is 1.68. The van der Waals surface area contributed by atoms with Gasteiger partial charge in [0.2, 0.25) is 5.95 Å². The summed E-state index contributed by atoms with van der Waals surface area (Å²) in [5.41, 5.74) is 2.54. The Morgan fingerprint density at radius 1 is 1.31 bits per heavy atom. The van der Waals surface area contributed by atoms with Crippen molar-refractivity contribution < 1.29 is 14.3 Å². The number of anilines is 2. The van der Waals surface area contributed by atoms with Gasteiger partial charge in [0.05, 0.1) is 23.5 Å². The SMILES string of the molecule is Cn1cc(Nc2ncnc(-c3cc4c(cc3F)[C@H](NC(=O)O)CCCC4)n2)cn1. The minimum absolute atomic E-state index is 0.207. The molecule has 1 amide bonds. The van der Waals surface area contributed by atoms with Crippen LogP contribution in [0.15, 0.2) is 30.9 Å². The Kier molecular flexibility index (Phi) is 5.07. The van der Waals surface area contributed by atoms with Crippen molar-refractivity contribution in [2.75, 3.05) is 5.32 Å². The lowest BCUT2D eigenvalue weighted by Crippen LogP contribution is -2.27. The van der Waals surface area contributed by atoms with Crippen LogP contribution in [-0.2, 0) is 13.5 Å². The number of amides is 1. The standard InChI is InChI=1S/C19H20FN7O2/c1-27-9-12(8-23-27)24-18-22-10-21-17(26-18)14-6-11-4-2-3-5-16(25-19(28)29)13(11)7-15(14)20/h6-10,16,25H,2-5H2,1H3,(H,28,29)(H,21,22,24,26)/t16-/m1/s1. The lowest BCUT2D eigenvalue weighted by molar-refractivity contribution is 0.189. The van der Waals surface area contributed by atoms with E-state index in [-0.39, 0.29) is 17.3 Å². The third-order valence-electron chi connectivity index (χ3n) is 4.86. The van der Waals surface area contributed by atoms with Crippen LogP contribution in [0.2, 0.25) is 0 Å². The Labute approximate surface area is 166 Å². The first kappa shape index (κ1) is 18.8. The summed E-state index contributed by atoms with van der Waals surface area (Å²) in [6.07, 6.45) is 6.75. The van der Waals surface area contributed by atoms with E-state index in [0.717, 1.165) is 24.8 Å². The van der Waals surface area contributed by atoms with Gasteiger partial charge < -0.3 is 15.7 Å². The predicted molar refractivity (Wildman–Crippen MR) is 103 cm³/mol. The highest BCUT2D eigenvalue weighted by Crippen LogP contribution is 2.33. The molecule has 10 heteroatoms. The fourth-order valence-corrected chi connectivity index (χ4v) is 3.57. The van der Waals surface area contributed by atoms with Gasteiger partial charge in [-0.05, 0) is 42.5 Å². The molecule has 1 aliphatic carbocycles. The van der Waals surface area contributed by atoms with Crippen molar-refractivity contribution >= 4 is 17.7 Å². The third-order valence-corrected chi connectivity index (χ3v) is 4.86. The molecule has 29 heavy (non-hydrogen) atoms. The molecular weight excluding hydrogens is 377 g/mol. The molecule has 2 aromatic heterocycles. The number of nitrogens with zero attached hydrogens (tertiary/aromatic N) is 5. The van der Waals surface area contributed by atoms with Gasteiger partial charge in [0.15, 0.2) is 5.82 Å². The molecule has 0 bridgehead atoms. The summed E-state index contributed by atoms with van der Waals surface area (Å²) < 4.78 is 16.6. The summed E-state index contributed by atoms with van der Waals surface area (Å²) >= 11 is 0. The van der Waals surface area contributed by atoms with E-state index in [4.69, 9.17) is 5.11 Å². The summed E-state index contributed by atoms with van der Waals surface area (Å²) in [6, 6.07) is 2.69. The quantitative estimate of drug-likeness (QED) is 0.579. The van der Waals surface area contributed by atoms with E-state index in [9.17, 15) is 9.18 Å². The number of fused-ring (bicyclic) bond motifs is 1. The zero-order valence-electron chi connectivity index (χ0n) is 15.8. The highest BCUT2D eigenvalue weighted by atomic mass is 19.1. The fraction of sp³-hybridized carbons (Fsp3) is 0.316. The number of carbonyl (C=O) groups is 1. The smallest absolute Gasteiger partial charge is 0.405 e. The second-order valence-corrected chi connectivity index (χ2v) is 6.94. The van der Waals surface area contributed by atoms with E-state index < -0.39 is 18.0 Å². The van der Waals surface area contributed by atoms with E-state index in [1.807, 2.05) is 0 Å². The molecule has 2 heterocycles. The summed E-state index contributed by atoms with van der Waals surface area (Å²) in [7, 11) is 1.79. The highest BCUT2D eigenvalue weighted by Gasteiger charge is 2.23. The number of rotatable bonds is 4. The number of aromatic nitrogens is 5. The Hall–Kier alpha value is -3.56. The van der Waals surface area contributed by atoms with Crippen LogP contribution in [0.1, 0.15) is 36.4 Å². The van der Waals surface area contributed by atoms with Gasteiger partial charge in [-0.25, -0.2) is 19.2 Å². The molecule has 0 spiro atoms. The van der Waals surface area contributed by atoms with Gasteiger partial charge in [0, 0.05) is 13.2 Å². The number of benzene rings is 1. The molecule has 0 saturated heterocycles. The first-order valence-electron chi connectivity index (χ1n) is 9.26. The van der Waals surface area contributed by atoms with Gasteiger partial charge in [-0.15, -0.1) is 0 Å². The van der Waals surface area contributed by atoms with Crippen LogP contribution >= 0.6 is 0 Å². The fourth-order valence-electron chi connectivity index (χ4n) is 3.57. The zero-order chi connectivity index (χ0) is 20.4. The van der Waals surface area contributed by atoms with E-state index in [2.05, 4.69) is 30.7 Å². The first-order valence-corrected chi connectivity index (χ1v) is 9.26. The van der Waals surface area contributed by atoms with Gasteiger partial charge in [0.1, 0.15) is 12.1 Å². The van der Waals surface area contributed by atoms with Crippen molar-refractivity contribution in [3.8, 4) is 11.4 Å². The molecule has 3 aromatic rings. The average molecular weight is 397 g/mol. The average Bonchev–Trinajstić information content (AvgIpc) is 2.99. The lowest BCUT2D eigenvalue weighted by Gasteiger charge is -2.18. The number of halogens is 1. The van der Waals surface area contributed by atoms with Crippen molar-refractivity contribution in [2.24, 2.45) is 7.05 Å². The van der Waals surface area contributed by atoms with Gasteiger partial charge in [-0.2, -0.15) is 10.1 Å². The minimum atomic E-state index is -1.11. The van der Waals surface area contributed by atoms with E-state index in [1.165, 1.54) is 12.4 Å². The Bertz CT molecular complexity index is 1050. The Morgan fingerprint density at radius 3 is 2.93 bits per heavy atom. The predicted octanol–water partition coefficient (Wildman–Crippen LogP) is 3.19. The summed E-state index contributed by atoms with van der Waals surface area (Å²) in [5.74, 6) is -0.0113. The molecule has 9 nitrogen and oxygen atoms in total. The minimum Gasteiger partial charge on any atom is -0.465 e. The second-order valence-electron chi connectivity index (χ2n) is 6.94. The first-order chi connectivity index (χ1) is 14.0. The summed E-state index contributed by atoms with van der Waals surface area (Å²) in [4.78, 5) is 23.6. The van der Waals surface area contributed by atoms with E-state index >= 15 is 0 Å². The molecular formula is C19H20FN7O2. The van der Waals surface area contributed by atoms with Crippen LogP contribution in [0.25, 0.3) is 11.4 Å². The number of aryl methyl sites for hydroxylation is 2. The maximum absolute atomic E-state index is 15.0. The largest absolute Gasteiger partial charge is 0.465 e. The molecule has 0 radical (unpaired) electrons. The normalized spacial score (nSPS) is 16.0. The van der Waals surface area contributed by atoms with Gasteiger partial charge in [-0.1, -0.05) is 6.42 Å². The van der Waals surface area contributed by atoms with Crippen molar-refractivity contribution in [1.82, 2.24) is 30.0 Å². The molecule has 0 fully saturated rings. The second kappa shape index (κ2) is 7.82. The van der Waals surface area contributed by atoms with Crippen LogP contribution in [-0.4, -0.2) is 35.9 Å². The number of hydrogen-bond acceptors (Lipinski definition) is 6. The Morgan fingerprint density at radius 2 is 2.17 bits per heavy atom. The summed E-state index contributed by atoms with van der Waals surface area (Å²) in [5, 5.41) is 18.7. The van der Waals surface area contributed by atoms with Crippen LogP contribution in [0.4, 0.5) is 20.8 Å². The number of nitrogens with one attached hydrogen (secondary N) is 2. The molecule has 3 N–H and O–H groups in total. The van der Waals surface area contributed by atoms with Gasteiger partial charge in [0.25, 0.3) is 0 Å². The van der Waals surface area contributed by atoms with Crippen molar-refractivity contribution in [3.05, 3.63) is 47.8 Å². The maximum Gasteiger partial charge on any atom is 0.405 e. The lowest BCUT2D eigenvalue weighted by atomic mass is 9.96. The summed E-state index contributed by atoms with van der Waals surface area (Å²) in [6.45, 7) is 0. The van der Waals surface area contributed by atoms with E-state index in [0.29, 0.717) is 17.7 Å². The van der Waals surface area contributed by atoms with Crippen LogP contribution in [0.5, 0.6) is 0 Å².